The molecule has 0 heterocycles. The Balaban J connectivity index is 2.98. The number of halogens is 1. The first-order valence-electron chi connectivity index (χ1n) is 3.31. The molecule has 0 N–H and O–H groups in total. The summed E-state index contributed by atoms with van der Waals surface area (Å²) in [4.78, 5) is 0. The third kappa shape index (κ3) is 1.96. The topological polar surface area (TPSA) is 23.8 Å². The van der Waals surface area contributed by atoms with Crippen LogP contribution in [0.2, 0.25) is 5.02 Å². The molecule has 11 heavy (non-hydrogen) atoms. The molecular weight excluding hydrogens is 158 g/mol. The molecule has 1 radical (unpaired) electrons. The third-order valence-corrected chi connectivity index (χ3v) is 1.68. The zero-order valence-electron chi connectivity index (χ0n) is 6.13. The molecule has 0 aliphatic carbocycles. The van der Waals surface area contributed by atoms with Crippen molar-refractivity contribution in [2.24, 2.45) is 0 Å². The highest BCUT2D eigenvalue weighted by Gasteiger charge is 2.02. The molecule has 1 rings (SSSR count). The van der Waals surface area contributed by atoms with E-state index in [-0.39, 0.29) is 5.92 Å². The lowest BCUT2D eigenvalue weighted by Gasteiger charge is -2.00. The first-order valence-corrected chi connectivity index (χ1v) is 3.68. The van der Waals surface area contributed by atoms with Gasteiger partial charge in [-0.15, -0.1) is 0 Å². The maximum Gasteiger partial charge on any atom is 0.0701 e. The number of nitriles is 1. The molecule has 1 atom stereocenters. The van der Waals surface area contributed by atoms with E-state index in [1.165, 1.54) is 0 Å². The lowest BCUT2D eigenvalue weighted by molar-refractivity contribution is 0.979. The smallest absolute Gasteiger partial charge is 0.0701 e. The molecule has 0 amide bonds. The van der Waals surface area contributed by atoms with Crippen molar-refractivity contribution in [2.75, 3.05) is 0 Å². The van der Waals surface area contributed by atoms with Gasteiger partial charge in [0.15, 0.2) is 0 Å². The fourth-order valence-corrected chi connectivity index (χ4v) is 0.956. The quantitative estimate of drug-likeness (QED) is 0.626. The molecule has 0 aliphatic heterocycles. The highest BCUT2D eigenvalue weighted by Crippen LogP contribution is 2.17. The third-order valence-electron chi connectivity index (χ3n) is 1.45. The summed E-state index contributed by atoms with van der Waals surface area (Å²) in [5.41, 5.74) is 0.847. The second kappa shape index (κ2) is 3.41. The lowest BCUT2D eigenvalue weighted by atomic mass is 10.0. The van der Waals surface area contributed by atoms with Gasteiger partial charge in [0.2, 0.25) is 0 Å². The number of benzene rings is 1. The van der Waals surface area contributed by atoms with Crippen molar-refractivity contribution < 1.29 is 0 Å². The first kappa shape index (κ1) is 8.10. The van der Waals surface area contributed by atoms with Crippen LogP contribution in [0.25, 0.3) is 0 Å². The van der Waals surface area contributed by atoms with E-state index in [0.29, 0.717) is 5.02 Å². The molecule has 0 spiro atoms. The fraction of sp³-hybridized carbons (Fsp3) is 0.222. The Kier molecular flexibility index (Phi) is 2.51. The molecule has 0 aliphatic rings. The van der Waals surface area contributed by atoms with E-state index in [1.54, 1.807) is 18.2 Å². The second-order valence-electron chi connectivity index (χ2n) is 2.31. The minimum Gasteiger partial charge on any atom is -0.198 e. The molecule has 0 aromatic heterocycles. The van der Waals surface area contributed by atoms with Gasteiger partial charge in [-0.2, -0.15) is 5.26 Å². The molecule has 0 saturated carbocycles. The summed E-state index contributed by atoms with van der Waals surface area (Å²) in [6.07, 6.45) is 0. The van der Waals surface area contributed by atoms with E-state index in [9.17, 15) is 0 Å². The van der Waals surface area contributed by atoms with E-state index in [1.807, 2.05) is 6.92 Å². The van der Waals surface area contributed by atoms with Crippen LogP contribution in [-0.2, 0) is 0 Å². The summed E-state index contributed by atoms with van der Waals surface area (Å²) < 4.78 is 0. The molecular formula is C9H7ClN. The van der Waals surface area contributed by atoms with Crippen molar-refractivity contribution in [3.05, 3.63) is 34.9 Å². The van der Waals surface area contributed by atoms with Gasteiger partial charge in [0.25, 0.3) is 0 Å². The van der Waals surface area contributed by atoms with Crippen molar-refractivity contribution in [3.8, 4) is 6.07 Å². The number of nitrogens with zero attached hydrogens (tertiary/aromatic N) is 1. The average Bonchev–Trinajstić information content (AvgIpc) is 2.03. The van der Waals surface area contributed by atoms with Gasteiger partial charge >= 0.3 is 0 Å². The van der Waals surface area contributed by atoms with Crippen LogP contribution < -0.4 is 0 Å². The predicted octanol–water partition coefficient (Wildman–Crippen LogP) is 2.77. The van der Waals surface area contributed by atoms with E-state index in [4.69, 9.17) is 16.9 Å². The molecule has 0 bridgehead atoms. The number of hydrogen-bond donors (Lipinski definition) is 0. The van der Waals surface area contributed by atoms with Crippen LogP contribution in [0.5, 0.6) is 0 Å². The average molecular weight is 165 g/mol. The molecule has 1 unspecified atom stereocenters. The van der Waals surface area contributed by atoms with E-state index >= 15 is 0 Å². The minimum atomic E-state index is -0.131. The van der Waals surface area contributed by atoms with Gasteiger partial charge in [0.1, 0.15) is 0 Å². The summed E-state index contributed by atoms with van der Waals surface area (Å²) in [7, 11) is 0. The van der Waals surface area contributed by atoms with Crippen molar-refractivity contribution in [3.63, 3.8) is 0 Å². The van der Waals surface area contributed by atoms with Gasteiger partial charge in [0.05, 0.1) is 12.0 Å². The molecule has 0 fully saturated rings. The van der Waals surface area contributed by atoms with Gasteiger partial charge < -0.3 is 0 Å². The SMILES string of the molecule is CC(C#N)c1[c]ccc(Cl)c1. The fourth-order valence-electron chi connectivity index (χ4n) is 0.775. The van der Waals surface area contributed by atoms with Crippen molar-refractivity contribution in [2.45, 2.75) is 12.8 Å². The highest BCUT2D eigenvalue weighted by molar-refractivity contribution is 6.30. The Bertz CT molecular complexity index is 288. The maximum absolute atomic E-state index is 8.57. The van der Waals surface area contributed by atoms with Crippen LogP contribution >= 0.6 is 11.6 Å². The summed E-state index contributed by atoms with van der Waals surface area (Å²) in [5, 5.41) is 9.22. The van der Waals surface area contributed by atoms with Crippen LogP contribution in [-0.4, -0.2) is 0 Å². The summed E-state index contributed by atoms with van der Waals surface area (Å²) in [5.74, 6) is -0.131. The van der Waals surface area contributed by atoms with E-state index < -0.39 is 0 Å². The number of rotatable bonds is 1. The summed E-state index contributed by atoms with van der Waals surface area (Å²) >= 11 is 5.72. The van der Waals surface area contributed by atoms with E-state index in [2.05, 4.69) is 12.1 Å². The standard InChI is InChI=1S/C9H7ClN/c1-7(6-11)8-3-2-4-9(10)5-8/h2,4-5,7H,1H3. The van der Waals surface area contributed by atoms with Crippen LogP contribution in [0.4, 0.5) is 0 Å². The Morgan fingerprint density at radius 1 is 1.73 bits per heavy atom. The van der Waals surface area contributed by atoms with Gasteiger partial charge in [-0.1, -0.05) is 17.7 Å². The normalized spacial score (nSPS) is 12.1. The van der Waals surface area contributed by atoms with Crippen molar-refractivity contribution in [1.82, 2.24) is 0 Å². The zero-order valence-corrected chi connectivity index (χ0v) is 6.89. The predicted molar refractivity (Wildman–Crippen MR) is 44.3 cm³/mol. The van der Waals surface area contributed by atoms with Crippen LogP contribution in [0, 0.1) is 17.4 Å². The number of hydrogen-bond acceptors (Lipinski definition) is 1. The van der Waals surface area contributed by atoms with Crippen LogP contribution in [0.1, 0.15) is 18.4 Å². The van der Waals surface area contributed by atoms with Gasteiger partial charge in [0, 0.05) is 5.02 Å². The minimum absolute atomic E-state index is 0.131. The van der Waals surface area contributed by atoms with Crippen LogP contribution in [0.15, 0.2) is 18.2 Å². The van der Waals surface area contributed by atoms with Crippen molar-refractivity contribution in [1.29, 1.82) is 5.26 Å². The molecule has 0 saturated heterocycles. The van der Waals surface area contributed by atoms with Gasteiger partial charge in [-0.3, -0.25) is 0 Å². The van der Waals surface area contributed by atoms with Crippen molar-refractivity contribution >= 4 is 11.6 Å². The monoisotopic (exact) mass is 164 g/mol. The molecule has 55 valence electrons. The molecule has 1 aromatic rings. The zero-order chi connectivity index (χ0) is 8.27. The Morgan fingerprint density at radius 2 is 2.45 bits per heavy atom. The maximum atomic E-state index is 8.57. The Morgan fingerprint density at radius 3 is 3.00 bits per heavy atom. The molecule has 1 nitrogen and oxygen atoms in total. The molecule has 2 heteroatoms. The van der Waals surface area contributed by atoms with Gasteiger partial charge in [-0.25, -0.2) is 0 Å². The highest BCUT2D eigenvalue weighted by atomic mass is 35.5. The Hall–Kier alpha value is -1.00. The Labute approximate surface area is 71.2 Å². The largest absolute Gasteiger partial charge is 0.198 e. The lowest BCUT2D eigenvalue weighted by Crippen LogP contribution is -1.88. The summed E-state index contributed by atoms with van der Waals surface area (Å²) in [6, 6.07) is 10.3. The van der Waals surface area contributed by atoms with E-state index in [0.717, 1.165) is 5.56 Å². The summed E-state index contributed by atoms with van der Waals surface area (Å²) in [6.45, 7) is 1.82. The van der Waals surface area contributed by atoms with Crippen LogP contribution in [0.3, 0.4) is 0 Å². The molecule has 1 aromatic carbocycles. The van der Waals surface area contributed by atoms with Gasteiger partial charge in [-0.05, 0) is 30.7 Å². The second-order valence-corrected chi connectivity index (χ2v) is 2.75. The first-order chi connectivity index (χ1) is 5.24.